The zero-order valence-corrected chi connectivity index (χ0v) is 19.5. The van der Waals surface area contributed by atoms with E-state index in [0.717, 1.165) is 50.5 Å². The normalized spacial score (nSPS) is 16.6. The first kappa shape index (κ1) is 24.1. The SMILES string of the molecule is C/C=C/c1ccc(OCC(O)CN2CCCN(Cc3ccc(OC)cc3)CC2)c(OC)c1. The number of hydrogen-bond acceptors (Lipinski definition) is 6. The lowest BCUT2D eigenvalue weighted by Crippen LogP contribution is -2.38. The standard InChI is InChI=1S/C26H36N2O4/c1-4-6-21-9-12-25(26(17-21)31-3)32-20-23(29)19-28-14-5-13-27(15-16-28)18-22-7-10-24(30-2)11-8-22/h4,6-12,17,23,29H,5,13-16,18-20H2,1-3H3/b6-4+. The van der Waals surface area contributed by atoms with Crippen molar-refractivity contribution in [2.24, 2.45) is 0 Å². The molecular weight excluding hydrogens is 404 g/mol. The molecule has 0 radical (unpaired) electrons. The summed E-state index contributed by atoms with van der Waals surface area (Å²) in [6, 6.07) is 14.1. The first-order chi connectivity index (χ1) is 15.6. The van der Waals surface area contributed by atoms with Crippen molar-refractivity contribution < 1.29 is 19.3 Å². The number of hydrogen-bond donors (Lipinski definition) is 1. The van der Waals surface area contributed by atoms with Gasteiger partial charge in [0.2, 0.25) is 0 Å². The van der Waals surface area contributed by atoms with Gasteiger partial charge in [0.05, 0.1) is 14.2 Å². The maximum Gasteiger partial charge on any atom is 0.161 e. The first-order valence-electron chi connectivity index (χ1n) is 11.3. The fourth-order valence-electron chi connectivity index (χ4n) is 3.99. The molecule has 2 aromatic carbocycles. The van der Waals surface area contributed by atoms with Gasteiger partial charge in [-0.1, -0.05) is 30.4 Å². The molecule has 3 rings (SSSR count). The lowest BCUT2D eigenvalue weighted by Gasteiger charge is -2.24. The second kappa shape index (κ2) is 12.5. The van der Waals surface area contributed by atoms with Crippen LogP contribution in [0.2, 0.25) is 0 Å². The largest absolute Gasteiger partial charge is 0.497 e. The molecule has 1 unspecified atom stereocenters. The molecule has 1 atom stereocenters. The van der Waals surface area contributed by atoms with E-state index in [0.29, 0.717) is 18.0 Å². The van der Waals surface area contributed by atoms with E-state index in [1.165, 1.54) is 5.56 Å². The van der Waals surface area contributed by atoms with Crippen LogP contribution in [0, 0.1) is 0 Å². The van der Waals surface area contributed by atoms with Crippen LogP contribution in [0.25, 0.3) is 6.08 Å². The summed E-state index contributed by atoms with van der Waals surface area (Å²) in [5.74, 6) is 2.22. The Morgan fingerprint density at radius 1 is 0.938 bits per heavy atom. The van der Waals surface area contributed by atoms with E-state index in [4.69, 9.17) is 14.2 Å². The smallest absolute Gasteiger partial charge is 0.161 e. The molecule has 32 heavy (non-hydrogen) atoms. The number of rotatable bonds is 10. The molecule has 1 fully saturated rings. The zero-order valence-electron chi connectivity index (χ0n) is 19.5. The minimum Gasteiger partial charge on any atom is -0.497 e. The summed E-state index contributed by atoms with van der Waals surface area (Å²) in [5.41, 5.74) is 2.35. The van der Waals surface area contributed by atoms with Gasteiger partial charge in [0, 0.05) is 26.2 Å². The number of benzene rings is 2. The lowest BCUT2D eigenvalue weighted by molar-refractivity contribution is 0.0682. The van der Waals surface area contributed by atoms with E-state index in [2.05, 4.69) is 21.9 Å². The van der Waals surface area contributed by atoms with Crippen molar-refractivity contribution in [3.8, 4) is 17.2 Å². The molecular formula is C26H36N2O4. The number of allylic oxidation sites excluding steroid dienone is 1. The third-order valence-electron chi connectivity index (χ3n) is 5.69. The summed E-state index contributed by atoms with van der Waals surface area (Å²) in [7, 11) is 3.32. The Morgan fingerprint density at radius 2 is 1.69 bits per heavy atom. The van der Waals surface area contributed by atoms with E-state index in [-0.39, 0.29) is 6.61 Å². The van der Waals surface area contributed by atoms with Gasteiger partial charge in [-0.25, -0.2) is 0 Å². The highest BCUT2D eigenvalue weighted by molar-refractivity contribution is 5.55. The molecule has 0 aromatic heterocycles. The van der Waals surface area contributed by atoms with Crippen molar-refractivity contribution >= 4 is 6.08 Å². The fourth-order valence-corrected chi connectivity index (χ4v) is 3.99. The Kier molecular flexibility index (Phi) is 9.41. The Hall–Kier alpha value is -2.54. The Morgan fingerprint density at radius 3 is 2.41 bits per heavy atom. The molecule has 1 N–H and O–H groups in total. The summed E-state index contributed by atoms with van der Waals surface area (Å²) < 4.78 is 16.6. The molecule has 0 bridgehead atoms. The predicted molar refractivity (Wildman–Crippen MR) is 129 cm³/mol. The average Bonchev–Trinajstić information content (AvgIpc) is 3.03. The maximum atomic E-state index is 10.6. The lowest BCUT2D eigenvalue weighted by atomic mass is 10.2. The highest BCUT2D eigenvalue weighted by Crippen LogP contribution is 2.28. The van der Waals surface area contributed by atoms with Crippen molar-refractivity contribution in [3.63, 3.8) is 0 Å². The summed E-state index contributed by atoms with van der Waals surface area (Å²) in [6.07, 6.45) is 4.53. The van der Waals surface area contributed by atoms with Gasteiger partial charge in [0.1, 0.15) is 18.5 Å². The van der Waals surface area contributed by atoms with E-state index in [9.17, 15) is 5.11 Å². The monoisotopic (exact) mass is 440 g/mol. The van der Waals surface area contributed by atoms with Crippen molar-refractivity contribution in [2.45, 2.75) is 26.0 Å². The summed E-state index contributed by atoms with van der Waals surface area (Å²) in [4.78, 5) is 4.80. The Bertz CT molecular complexity index is 853. The number of nitrogens with zero attached hydrogens (tertiary/aromatic N) is 2. The molecule has 0 amide bonds. The van der Waals surface area contributed by atoms with Crippen LogP contribution < -0.4 is 14.2 Å². The molecule has 1 saturated heterocycles. The summed E-state index contributed by atoms with van der Waals surface area (Å²) in [6.45, 7) is 7.73. The van der Waals surface area contributed by atoms with E-state index < -0.39 is 6.10 Å². The summed E-state index contributed by atoms with van der Waals surface area (Å²) in [5, 5.41) is 10.6. The fraction of sp³-hybridized carbons (Fsp3) is 0.462. The number of ether oxygens (including phenoxy) is 3. The predicted octanol–water partition coefficient (Wildman–Crippen LogP) is 3.68. The minimum absolute atomic E-state index is 0.241. The molecule has 6 nitrogen and oxygen atoms in total. The zero-order chi connectivity index (χ0) is 22.8. The second-order valence-corrected chi connectivity index (χ2v) is 8.15. The molecule has 0 saturated carbocycles. The molecule has 6 heteroatoms. The Balaban J connectivity index is 1.45. The van der Waals surface area contributed by atoms with Gasteiger partial charge in [0.15, 0.2) is 11.5 Å². The Labute approximate surface area is 192 Å². The van der Waals surface area contributed by atoms with Crippen LogP contribution in [-0.4, -0.2) is 74.6 Å². The number of aliphatic hydroxyl groups excluding tert-OH is 1. The second-order valence-electron chi connectivity index (χ2n) is 8.15. The maximum absolute atomic E-state index is 10.6. The van der Waals surface area contributed by atoms with Gasteiger partial charge in [0.25, 0.3) is 0 Å². The van der Waals surface area contributed by atoms with Crippen LogP contribution in [0.15, 0.2) is 48.5 Å². The third-order valence-corrected chi connectivity index (χ3v) is 5.69. The highest BCUT2D eigenvalue weighted by atomic mass is 16.5. The van der Waals surface area contributed by atoms with E-state index in [1.807, 2.05) is 49.4 Å². The topological polar surface area (TPSA) is 54.4 Å². The number of methoxy groups -OCH3 is 2. The molecule has 0 spiro atoms. The minimum atomic E-state index is -0.553. The van der Waals surface area contributed by atoms with Crippen molar-refractivity contribution in [1.29, 1.82) is 0 Å². The molecule has 1 heterocycles. The molecule has 2 aromatic rings. The van der Waals surface area contributed by atoms with Crippen molar-refractivity contribution in [2.75, 3.05) is 53.6 Å². The highest BCUT2D eigenvalue weighted by Gasteiger charge is 2.18. The quantitative estimate of drug-likeness (QED) is 0.608. The van der Waals surface area contributed by atoms with E-state index >= 15 is 0 Å². The first-order valence-corrected chi connectivity index (χ1v) is 11.3. The van der Waals surface area contributed by atoms with Gasteiger partial charge >= 0.3 is 0 Å². The van der Waals surface area contributed by atoms with Crippen molar-refractivity contribution in [1.82, 2.24) is 9.80 Å². The van der Waals surface area contributed by atoms with Gasteiger partial charge in [-0.3, -0.25) is 9.80 Å². The third kappa shape index (κ3) is 7.26. The van der Waals surface area contributed by atoms with Crippen LogP contribution >= 0.6 is 0 Å². The average molecular weight is 441 g/mol. The van der Waals surface area contributed by atoms with Crippen LogP contribution in [0.5, 0.6) is 17.2 Å². The van der Waals surface area contributed by atoms with Gasteiger partial charge in [-0.05, 0) is 61.8 Å². The molecule has 1 aliphatic heterocycles. The van der Waals surface area contributed by atoms with E-state index in [1.54, 1.807) is 14.2 Å². The van der Waals surface area contributed by atoms with Gasteiger partial charge in [-0.15, -0.1) is 0 Å². The molecule has 174 valence electrons. The number of β-amino-alcohol motifs (C(OH)–C–C–N with tert-alkyl or cyclic N) is 1. The van der Waals surface area contributed by atoms with Gasteiger partial charge < -0.3 is 19.3 Å². The van der Waals surface area contributed by atoms with Crippen LogP contribution in [0.3, 0.4) is 0 Å². The molecule has 1 aliphatic rings. The van der Waals surface area contributed by atoms with Gasteiger partial charge in [-0.2, -0.15) is 0 Å². The number of aliphatic hydroxyl groups is 1. The molecule has 0 aliphatic carbocycles. The van der Waals surface area contributed by atoms with Crippen molar-refractivity contribution in [3.05, 3.63) is 59.7 Å². The van der Waals surface area contributed by atoms with Crippen LogP contribution in [0.1, 0.15) is 24.5 Å². The summed E-state index contributed by atoms with van der Waals surface area (Å²) >= 11 is 0. The van der Waals surface area contributed by atoms with Crippen LogP contribution in [-0.2, 0) is 6.54 Å². The van der Waals surface area contributed by atoms with Crippen LogP contribution in [0.4, 0.5) is 0 Å².